The fourth-order valence-electron chi connectivity index (χ4n) is 6.31. The number of carbonyl (C=O) groups is 2. The Balaban J connectivity index is 1.39. The van der Waals surface area contributed by atoms with Gasteiger partial charge in [-0.1, -0.05) is 90.4 Å². The Morgan fingerprint density at radius 2 is 1.28 bits per heavy atom. The number of esters is 1. The van der Waals surface area contributed by atoms with Crippen molar-refractivity contribution in [2.75, 3.05) is 0 Å². The molecule has 4 N–H and O–H groups in total. The number of hydrogen-bond donors (Lipinski definition) is 4. The van der Waals surface area contributed by atoms with Crippen molar-refractivity contribution in [1.29, 1.82) is 0 Å². The molecule has 0 amide bonds. The van der Waals surface area contributed by atoms with Gasteiger partial charge in [-0.25, -0.2) is 4.79 Å². The molecule has 1 saturated heterocycles. The van der Waals surface area contributed by atoms with Crippen LogP contribution >= 0.6 is 0 Å². The van der Waals surface area contributed by atoms with Crippen molar-refractivity contribution in [3.63, 3.8) is 0 Å². The van der Waals surface area contributed by atoms with Crippen molar-refractivity contribution < 1.29 is 39.5 Å². The summed E-state index contributed by atoms with van der Waals surface area (Å²) in [6.07, 6.45) is 18.1. The lowest BCUT2D eigenvalue weighted by atomic mass is 9.99. The van der Waals surface area contributed by atoms with E-state index in [0.717, 1.165) is 77.0 Å². The number of Topliss-reactive ketones (excluding diaryl/α,β-unsaturated/α-hetero) is 1. The summed E-state index contributed by atoms with van der Waals surface area (Å²) in [6.45, 7) is 3.97. The molecule has 0 aromatic heterocycles. The second-order valence-corrected chi connectivity index (χ2v) is 13.1. The minimum atomic E-state index is -0.765. The number of ketones is 1. The number of aliphatic hydroxyl groups excluding tert-OH is 4. The highest BCUT2D eigenvalue weighted by molar-refractivity contribution is 5.90. The highest BCUT2D eigenvalue weighted by Crippen LogP contribution is 2.28. The Kier molecular flexibility index (Phi) is 19.6. The zero-order chi connectivity index (χ0) is 31.5. The van der Waals surface area contributed by atoms with Gasteiger partial charge in [0.1, 0.15) is 11.9 Å². The summed E-state index contributed by atoms with van der Waals surface area (Å²) in [5.41, 5.74) is 0.467. The number of aliphatic hydroxyl groups is 4. The smallest absolute Gasteiger partial charge is 0.334 e. The molecule has 8 nitrogen and oxygen atoms in total. The number of ether oxygens (including phenoxy) is 2. The first-order valence-electron chi connectivity index (χ1n) is 17.5. The molecule has 8 heteroatoms. The van der Waals surface area contributed by atoms with Crippen LogP contribution in [0.15, 0.2) is 11.6 Å². The molecule has 0 aromatic rings. The van der Waals surface area contributed by atoms with Gasteiger partial charge in [-0.05, 0) is 51.5 Å². The zero-order valence-electron chi connectivity index (χ0n) is 27.1. The minimum absolute atomic E-state index is 0.0573. The van der Waals surface area contributed by atoms with Gasteiger partial charge in [0.2, 0.25) is 0 Å². The summed E-state index contributed by atoms with van der Waals surface area (Å²) in [5, 5.41) is 41.4. The van der Waals surface area contributed by atoms with Gasteiger partial charge < -0.3 is 29.9 Å². The van der Waals surface area contributed by atoms with Crippen LogP contribution in [0.2, 0.25) is 0 Å². The molecule has 0 unspecified atom stereocenters. The normalized spacial score (nSPS) is 23.2. The molecule has 0 bridgehead atoms. The monoisotopic (exact) mass is 610 g/mol. The maximum absolute atomic E-state index is 12.2. The first-order valence-corrected chi connectivity index (χ1v) is 17.5. The average Bonchev–Trinajstić information content (AvgIpc) is 3.59. The summed E-state index contributed by atoms with van der Waals surface area (Å²) in [4.78, 5) is 23.8. The van der Waals surface area contributed by atoms with Crippen LogP contribution in [-0.4, -0.2) is 74.9 Å². The molecule has 0 aliphatic carbocycles. The van der Waals surface area contributed by atoms with E-state index in [1.807, 2.05) is 0 Å². The summed E-state index contributed by atoms with van der Waals surface area (Å²) < 4.78 is 11.0. The number of rotatable bonds is 26. The predicted octanol–water partition coefficient (Wildman–Crippen LogP) is 6.24. The molecule has 0 aromatic carbocycles. The molecule has 0 radical (unpaired) electrons. The van der Waals surface area contributed by atoms with Crippen molar-refractivity contribution in [3.8, 4) is 0 Å². The third-order valence-corrected chi connectivity index (χ3v) is 9.00. The Labute approximate surface area is 260 Å². The molecule has 2 aliphatic heterocycles. The second kappa shape index (κ2) is 22.2. The van der Waals surface area contributed by atoms with Gasteiger partial charge in [0.15, 0.2) is 0 Å². The quantitative estimate of drug-likeness (QED) is 0.0668. The van der Waals surface area contributed by atoms with Gasteiger partial charge in [-0.3, -0.25) is 4.79 Å². The average molecular weight is 611 g/mol. The molecular formula is C35H62O8. The summed E-state index contributed by atoms with van der Waals surface area (Å²) in [6, 6.07) is 0. The molecule has 7 atom stereocenters. The maximum Gasteiger partial charge on any atom is 0.334 e. The Morgan fingerprint density at radius 1 is 0.767 bits per heavy atom. The maximum atomic E-state index is 12.2. The third-order valence-electron chi connectivity index (χ3n) is 9.00. The molecule has 2 rings (SSSR count). The fourth-order valence-corrected chi connectivity index (χ4v) is 6.31. The van der Waals surface area contributed by atoms with E-state index in [2.05, 4.69) is 6.92 Å². The van der Waals surface area contributed by atoms with Gasteiger partial charge in [-0.15, -0.1) is 0 Å². The summed E-state index contributed by atoms with van der Waals surface area (Å²) in [7, 11) is 0. The molecule has 2 heterocycles. The van der Waals surface area contributed by atoms with E-state index in [1.54, 1.807) is 13.0 Å². The molecule has 2 aliphatic rings. The van der Waals surface area contributed by atoms with Crippen LogP contribution < -0.4 is 0 Å². The van der Waals surface area contributed by atoms with E-state index >= 15 is 0 Å². The van der Waals surface area contributed by atoms with Gasteiger partial charge in [0.05, 0.1) is 36.6 Å². The number of carbonyl (C=O) groups excluding carboxylic acids is 2. The lowest BCUT2D eigenvalue weighted by Gasteiger charge is -2.22. The lowest BCUT2D eigenvalue weighted by Crippen LogP contribution is -2.31. The van der Waals surface area contributed by atoms with Gasteiger partial charge in [0, 0.05) is 24.8 Å². The van der Waals surface area contributed by atoms with Crippen molar-refractivity contribution in [2.24, 2.45) is 0 Å². The molecule has 0 spiro atoms. The molecule has 43 heavy (non-hydrogen) atoms. The van der Waals surface area contributed by atoms with E-state index in [9.17, 15) is 30.0 Å². The Bertz CT molecular complexity index is 799. The second-order valence-electron chi connectivity index (χ2n) is 13.1. The Morgan fingerprint density at radius 3 is 1.79 bits per heavy atom. The predicted molar refractivity (Wildman–Crippen MR) is 169 cm³/mol. The van der Waals surface area contributed by atoms with Gasteiger partial charge in [-0.2, -0.15) is 0 Å². The minimum Gasteiger partial charge on any atom is -0.455 e. The standard InChI is InChI=1S/C35H62O8/c1-3-4-5-10-14-17-31(39)33-21-22-34(43-33)32(40)18-15-12-9-7-6-8-11-13-16-28(36)25-30(38)20-19-29(37)24-27-23-26(2)42-35(27)41/h23,26,28-29,31-34,36-37,39-40H,3-22,24-25H2,1-2H3/t26-,28-,29+,31-,32-,33-,34-/m0/s1. The van der Waals surface area contributed by atoms with E-state index in [0.29, 0.717) is 12.0 Å². The highest BCUT2D eigenvalue weighted by atomic mass is 16.5. The Hall–Kier alpha value is -1.32. The van der Waals surface area contributed by atoms with Crippen LogP contribution in [0.5, 0.6) is 0 Å². The van der Waals surface area contributed by atoms with Crippen LogP contribution in [0.25, 0.3) is 0 Å². The number of hydrogen-bond acceptors (Lipinski definition) is 8. The van der Waals surface area contributed by atoms with E-state index in [4.69, 9.17) is 9.47 Å². The van der Waals surface area contributed by atoms with Crippen molar-refractivity contribution in [1.82, 2.24) is 0 Å². The number of cyclic esters (lactones) is 1. The first-order chi connectivity index (χ1) is 20.7. The number of unbranched alkanes of at least 4 members (excludes halogenated alkanes) is 11. The molecule has 1 fully saturated rings. The van der Waals surface area contributed by atoms with E-state index < -0.39 is 30.4 Å². The largest absolute Gasteiger partial charge is 0.455 e. The van der Waals surface area contributed by atoms with Crippen molar-refractivity contribution in [2.45, 2.75) is 198 Å². The van der Waals surface area contributed by atoms with Crippen LogP contribution in [0.4, 0.5) is 0 Å². The van der Waals surface area contributed by atoms with Crippen LogP contribution in [0.3, 0.4) is 0 Å². The van der Waals surface area contributed by atoms with Gasteiger partial charge >= 0.3 is 5.97 Å². The van der Waals surface area contributed by atoms with Crippen LogP contribution in [0.1, 0.15) is 155 Å². The van der Waals surface area contributed by atoms with Crippen LogP contribution in [-0.2, 0) is 19.1 Å². The molecular weight excluding hydrogens is 548 g/mol. The SMILES string of the molecule is CCCCCCC[C@H](O)[C@@H]1CC[C@@H]([C@@H](O)CCCCCCCCCC[C@H](O)CC(=O)CC[C@@H](O)CC2=C[C@H](C)OC2=O)O1. The zero-order valence-corrected chi connectivity index (χ0v) is 27.1. The lowest BCUT2D eigenvalue weighted by molar-refractivity contribution is -0.139. The summed E-state index contributed by atoms with van der Waals surface area (Å²) >= 11 is 0. The van der Waals surface area contributed by atoms with Crippen LogP contribution in [0, 0.1) is 0 Å². The highest BCUT2D eigenvalue weighted by Gasteiger charge is 2.34. The van der Waals surface area contributed by atoms with E-state index in [-0.39, 0.29) is 49.8 Å². The topological polar surface area (TPSA) is 134 Å². The fraction of sp³-hybridized carbons (Fsp3) is 0.886. The molecule has 250 valence electrons. The van der Waals surface area contributed by atoms with Crippen molar-refractivity contribution in [3.05, 3.63) is 11.6 Å². The van der Waals surface area contributed by atoms with Crippen molar-refractivity contribution >= 4 is 11.8 Å². The third kappa shape index (κ3) is 16.5. The first kappa shape index (κ1) is 37.9. The van der Waals surface area contributed by atoms with E-state index in [1.165, 1.54) is 32.1 Å². The van der Waals surface area contributed by atoms with Gasteiger partial charge in [0.25, 0.3) is 0 Å². The summed E-state index contributed by atoms with van der Waals surface area (Å²) in [5.74, 6) is -0.453. The molecule has 0 saturated carbocycles.